The Bertz CT molecular complexity index is 2690. The molecule has 0 N–H and O–H groups in total. The zero-order chi connectivity index (χ0) is 39.3. The molecule has 9 rings (SSSR count). The third-order valence-electron chi connectivity index (χ3n) is 12.4. The van der Waals surface area contributed by atoms with E-state index in [4.69, 9.17) is 9.97 Å². The normalized spacial score (nSPS) is 12.2. The lowest BCUT2D eigenvalue weighted by Crippen LogP contribution is -2.06. The van der Waals surface area contributed by atoms with Gasteiger partial charge < -0.3 is 0 Å². The number of unbranched alkanes of at least 4 members (excludes halogenated alkanes) is 6. The van der Waals surface area contributed by atoms with E-state index in [1.165, 1.54) is 151 Å². The van der Waals surface area contributed by atoms with E-state index >= 15 is 0 Å². The maximum absolute atomic E-state index is 4.84. The van der Waals surface area contributed by atoms with Gasteiger partial charge in [0.1, 0.15) is 0 Å². The molecule has 0 amide bonds. The molecule has 1 aliphatic rings. The minimum Gasteiger partial charge on any atom is -0.261 e. The Morgan fingerprint density at radius 3 is 1.50 bits per heavy atom. The van der Waals surface area contributed by atoms with Crippen LogP contribution >= 0.6 is 0 Å². The van der Waals surface area contributed by atoms with Gasteiger partial charge in [0, 0.05) is 34.6 Å². The monoisotopic (exact) mass is 754 g/mol. The highest BCUT2D eigenvalue weighted by atomic mass is 14.7. The Balaban J connectivity index is 1.02. The predicted octanol–water partition coefficient (Wildman–Crippen LogP) is 15.5. The van der Waals surface area contributed by atoms with Crippen molar-refractivity contribution in [2.24, 2.45) is 0 Å². The van der Waals surface area contributed by atoms with Gasteiger partial charge in [0.2, 0.25) is 0 Å². The summed E-state index contributed by atoms with van der Waals surface area (Å²) in [5, 5.41) is 4.93. The van der Waals surface area contributed by atoms with E-state index in [0.717, 1.165) is 25.7 Å². The van der Waals surface area contributed by atoms with Crippen molar-refractivity contribution in [2.75, 3.05) is 0 Å². The molecule has 8 aromatic rings. The van der Waals surface area contributed by atoms with Gasteiger partial charge in [0.15, 0.2) is 0 Å². The topological polar surface area (TPSA) is 25.8 Å². The Morgan fingerprint density at radius 2 is 0.914 bits per heavy atom. The first-order valence-corrected chi connectivity index (χ1v) is 21.9. The molecule has 0 aliphatic heterocycles. The maximum atomic E-state index is 4.84. The van der Waals surface area contributed by atoms with Crippen LogP contribution in [0, 0.1) is 0 Å². The minimum atomic E-state index is 1.03. The fraction of sp³-hybridized carbons (Fsp3) is 0.250. The summed E-state index contributed by atoms with van der Waals surface area (Å²) < 4.78 is 0. The van der Waals surface area contributed by atoms with Crippen molar-refractivity contribution >= 4 is 21.5 Å². The minimum absolute atomic E-state index is 1.03. The molecule has 0 saturated carbocycles. The van der Waals surface area contributed by atoms with Crippen LogP contribution in [-0.2, 0) is 25.7 Å². The molecule has 0 bridgehead atoms. The third kappa shape index (κ3) is 7.98. The van der Waals surface area contributed by atoms with E-state index < -0.39 is 0 Å². The Hall–Kier alpha value is -5.86. The van der Waals surface area contributed by atoms with Crippen LogP contribution in [0.1, 0.15) is 87.7 Å². The molecule has 58 heavy (non-hydrogen) atoms. The molecule has 2 aromatic heterocycles. The first-order chi connectivity index (χ1) is 28.6. The van der Waals surface area contributed by atoms with Crippen LogP contribution < -0.4 is 0 Å². The third-order valence-corrected chi connectivity index (χ3v) is 12.4. The van der Waals surface area contributed by atoms with Gasteiger partial charge in [-0.05, 0) is 140 Å². The lowest BCUT2D eigenvalue weighted by atomic mass is 9.79. The van der Waals surface area contributed by atoms with E-state index in [0.29, 0.717) is 0 Å². The smallest absolute Gasteiger partial charge is 0.0410 e. The molecule has 0 unspecified atom stereocenters. The average Bonchev–Trinajstić information content (AvgIpc) is 3.28. The molecule has 2 heteroatoms. The van der Waals surface area contributed by atoms with Gasteiger partial charge in [0.05, 0.1) is 0 Å². The summed E-state index contributed by atoms with van der Waals surface area (Å²) in [6.07, 6.45) is 18.4. The fourth-order valence-electron chi connectivity index (χ4n) is 9.14. The summed E-state index contributed by atoms with van der Waals surface area (Å²) in [5.74, 6) is 0. The molecule has 2 nitrogen and oxygen atoms in total. The van der Waals surface area contributed by atoms with Crippen molar-refractivity contribution in [1.82, 2.24) is 9.97 Å². The first-order valence-electron chi connectivity index (χ1n) is 21.9. The van der Waals surface area contributed by atoms with E-state index in [1.54, 1.807) is 0 Å². The molecule has 1 aliphatic carbocycles. The van der Waals surface area contributed by atoms with E-state index in [2.05, 4.69) is 160 Å². The summed E-state index contributed by atoms with van der Waals surface area (Å²) in [6, 6.07) is 50.4. The number of nitrogens with zero attached hydrogens (tertiary/aromatic N) is 2. The number of hydrogen-bond acceptors (Lipinski definition) is 2. The van der Waals surface area contributed by atoms with Crippen LogP contribution in [0.4, 0.5) is 0 Å². The Labute approximate surface area is 345 Å². The van der Waals surface area contributed by atoms with Gasteiger partial charge in [-0.25, -0.2) is 0 Å². The van der Waals surface area contributed by atoms with Gasteiger partial charge in [-0.1, -0.05) is 162 Å². The van der Waals surface area contributed by atoms with Gasteiger partial charge in [0.25, 0.3) is 0 Å². The van der Waals surface area contributed by atoms with Crippen LogP contribution in [0.3, 0.4) is 0 Å². The summed E-state index contributed by atoms with van der Waals surface area (Å²) in [7, 11) is 0. The van der Waals surface area contributed by atoms with Gasteiger partial charge >= 0.3 is 0 Å². The number of benzene rings is 6. The second-order valence-electron chi connectivity index (χ2n) is 16.4. The van der Waals surface area contributed by atoms with Crippen molar-refractivity contribution in [3.05, 3.63) is 168 Å². The average molecular weight is 755 g/mol. The van der Waals surface area contributed by atoms with Crippen molar-refractivity contribution in [2.45, 2.75) is 90.9 Å². The van der Waals surface area contributed by atoms with Crippen LogP contribution in [0.2, 0.25) is 0 Å². The van der Waals surface area contributed by atoms with Crippen LogP contribution in [0.15, 0.2) is 146 Å². The fourth-order valence-corrected chi connectivity index (χ4v) is 9.14. The number of rotatable bonds is 14. The van der Waals surface area contributed by atoms with E-state index in [1.807, 2.05) is 0 Å². The molecule has 0 atom stereocenters. The number of aromatic nitrogens is 2. The molecule has 0 spiro atoms. The SMILES string of the molecule is CCCCCCc1cc2ccc(-c3ccc(-c4ccc5c(c4-c4ccc(-c6ccc7cc(CCCCCC)ncc7c6)cc4)CCc4ccccc4-5)cc3)cc2cn1. The maximum Gasteiger partial charge on any atom is 0.0410 e. The van der Waals surface area contributed by atoms with Crippen molar-refractivity contribution in [3.63, 3.8) is 0 Å². The predicted molar refractivity (Wildman–Crippen MR) is 247 cm³/mol. The molecular weight excluding hydrogens is 701 g/mol. The van der Waals surface area contributed by atoms with E-state index in [-0.39, 0.29) is 0 Å². The number of hydrogen-bond donors (Lipinski definition) is 0. The molecule has 0 radical (unpaired) electrons. The first kappa shape index (κ1) is 37.7. The Morgan fingerprint density at radius 1 is 0.397 bits per heavy atom. The molecular formula is C56H54N2. The second kappa shape index (κ2) is 17.3. The molecule has 2 heterocycles. The van der Waals surface area contributed by atoms with E-state index in [9.17, 15) is 0 Å². The number of aryl methyl sites for hydroxylation is 3. The second-order valence-corrected chi connectivity index (χ2v) is 16.4. The zero-order valence-corrected chi connectivity index (χ0v) is 34.2. The summed E-state index contributed by atoms with van der Waals surface area (Å²) >= 11 is 0. The van der Waals surface area contributed by atoms with Crippen molar-refractivity contribution in [1.29, 1.82) is 0 Å². The highest BCUT2D eigenvalue weighted by molar-refractivity contribution is 5.94. The molecule has 0 fully saturated rings. The molecule has 6 aromatic carbocycles. The van der Waals surface area contributed by atoms with Crippen molar-refractivity contribution in [3.8, 4) is 55.6 Å². The van der Waals surface area contributed by atoms with Crippen molar-refractivity contribution < 1.29 is 0 Å². The van der Waals surface area contributed by atoms with Gasteiger partial charge in [-0.3, -0.25) is 9.97 Å². The summed E-state index contributed by atoms with van der Waals surface area (Å²) in [4.78, 5) is 9.66. The van der Waals surface area contributed by atoms with Crippen LogP contribution in [0.5, 0.6) is 0 Å². The van der Waals surface area contributed by atoms with Gasteiger partial charge in [-0.2, -0.15) is 0 Å². The highest BCUT2D eigenvalue weighted by Crippen LogP contribution is 2.44. The van der Waals surface area contributed by atoms with Crippen LogP contribution in [-0.4, -0.2) is 9.97 Å². The zero-order valence-electron chi connectivity index (χ0n) is 34.2. The standard InChI is InChI=1S/C56H54N2/c1-3-5-7-9-14-50-35-46-27-25-44(33-48(46)37-57-50)39-17-21-42(22-18-39)53-31-32-54-52-16-12-11-13-41(52)29-30-55(54)56(53)43-23-19-40(20-24-43)45-26-28-47-36-51(15-10-8-6-4-2)58-38-49(47)34-45/h11-13,16-28,31-38H,3-10,14-15,29-30H2,1-2H3. The number of pyridine rings is 2. The number of fused-ring (bicyclic) bond motifs is 5. The Kier molecular flexibility index (Phi) is 11.3. The summed E-state index contributed by atoms with van der Waals surface area (Å²) in [6.45, 7) is 4.53. The quantitative estimate of drug-likeness (QED) is 0.103. The lowest BCUT2D eigenvalue weighted by molar-refractivity contribution is 0.661. The summed E-state index contributed by atoms with van der Waals surface area (Å²) in [5.41, 5.74) is 18.1. The highest BCUT2D eigenvalue weighted by Gasteiger charge is 2.22. The molecule has 0 saturated heterocycles. The largest absolute Gasteiger partial charge is 0.261 e. The van der Waals surface area contributed by atoms with Gasteiger partial charge in [-0.15, -0.1) is 0 Å². The molecule has 288 valence electrons. The lowest BCUT2D eigenvalue weighted by Gasteiger charge is -2.25. The van der Waals surface area contributed by atoms with Crippen LogP contribution in [0.25, 0.3) is 77.2 Å².